The van der Waals surface area contributed by atoms with Gasteiger partial charge < -0.3 is 10.5 Å². The van der Waals surface area contributed by atoms with Crippen molar-refractivity contribution in [1.82, 2.24) is 4.98 Å². The number of carbonyl (C=O) groups excluding carboxylic acids is 1. The largest absolute Gasteiger partial charge is 0.490 e. The van der Waals surface area contributed by atoms with E-state index in [1.54, 1.807) is 18.3 Å². The second-order valence-electron chi connectivity index (χ2n) is 7.54. The number of amides is 1. The molecule has 1 fully saturated rings. The van der Waals surface area contributed by atoms with E-state index in [0.29, 0.717) is 28.3 Å². The van der Waals surface area contributed by atoms with E-state index in [4.69, 9.17) is 27.3 Å². The van der Waals surface area contributed by atoms with Crippen molar-refractivity contribution in [3.63, 3.8) is 0 Å². The molecule has 1 aliphatic rings. The van der Waals surface area contributed by atoms with Crippen molar-refractivity contribution in [2.45, 2.75) is 78.7 Å². The van der Waals surface area contributed by atoms with Gasteiger partial charge in [-0.1, -0.05) is 51.8 Å². The Labute approximate surface area is 191 Å². The summed E-state index contributed by atoms with van der Waals surface area (Å²) in [6, 6.07) is 9.19. The first-order valence-electron chi connectivity index (χ1n) is 10.9. The second-order valence-corrected chi connectivity index (χ2v) is 7.91. The highest BCUT2D eigenvalue weighted by molar-refractivity contribution is 6.32. The van der Waals surface area contributed by atoms with Crippen molar-refractivity contribution < 1.29 is 9.53 Å². The molecule has 0 saturated heterocycles. The minimum Gasteiger partial charge on any atom is -0.490 e. The number of rotatable bonds is 4. The predicted octanol–water partition coefficient (Wildman–Crippen LogP) is 6.56. The quantitative estimate of drug-likeness (QED) is 0.579. The van der Waals surface area contributed by atoms with Crippen molar-refractivity contribution in [3.8, 4) is 11.8 Å². The third-order valence-electron chi connectivity index (χ3n) is 5.01. The Hall–Kier alpha value is -2.58. The summed E-state index contributed by atoms with van der Waals surface area (Å²) >= 11 is 6.11. The van der Waals surface area contributed by atoms with Gasteiger partial charge in [0, 0.05) is 11.8 Å². The molecular weight excluding hydrogens is 410 g/mol. The third kappa shape index (κ3) is 8.22. The molecule has 1 aromatic carbocycles. The summed E-state index contributed by atoms with van der Waals surface area (Å²) in [6.07, 6.45) is 8.04. The third-order valence-corrected chi connectivity index (χ3v) is 5.50. The van der Waals surface area contributed by atoms with E-state index < -0.39 is 5.91 Å². The Kier molecular flexibility index (Phi) is 11.7. The fourth-order valence-electron chi connectivity index (χ4n) is 3.14. The molecule has 3 rings (SSSR count). The number of nitriles is 1. The summed E-state index contributed by atoms with van der Waals surface area (Å²) in [7, 11) is 0. The molecule has 1 aliphatic carbocycles. The summed E-state index contributed by atoms with van der Waals surface area (Å²) in [4.78, 5) is 14.6. The Balaban J connectivity index is 0.000000303. The number of carbonyl (C=O) groups is 1. The zero-order valence-corrected chi connectivity index (χ0v) is 20.0. The molecule has 0 atom stereocenters. The highest BCUT2D eigenvalue weighted by Crippen LogP contribution is 2.31. The van der Waals surface area contributed by atoms with Crippen LogP contribution in [0, 0.1) is 18.3 Å². The van der Waals surface area contributed by atoms with Gasteiger partial charge in [-0.2, -0.15) is 5.26 Å². The fraction of sp³-hybridized carbons (Fsp3) is 0.480. The van der Waals surface area contributed by atoms with Gasteiger partial charge >= 0.3 is 0 Å². The first-order chi connectivity index (χ1) is 14.8. The van der Waals surface area contributed by atoms with Gasteiger partial charge in [0.05, 0.1) is 16.7 Å². The van der Waals surface area contributed by atoms with Gasteiger partial charge in [-0.15, -0.1) is 0 Å². The molecule has 5 nitrogen and oxygen atoms in total. The Morgan fingerprint density at radius 2 is 1.84 bits per heavy atom. The minimum absolute atomic E-state index is 0.312. The maximum Gasteiger partial charge on any atom is 0.267 e. The molecule has 1 aromatic heterocycles. The van der Waals surface area contributed by atoms with Gasteiger partial charge in [0.25, 0.3) is 5.91 Å². The number of ether oxygens (including phenoxy) is 1. The van der Waals surface area contributed by atoms with E-state index in [1.165, 1.54) is 19.3 Å². The van der Waals surface area contributed by atoms with Crippen LogP contribution >= 0.6 is 11.6 Å². The van der Waals surface area contributed by atoms with E-state index in [9.17, 15) is 4.79 Å². The van der Waals surface area contributed by atoms with Gasteiger partial charge in [0.15, 0.2) is 0 Å². The highest BCUT2D eigenvalue weighted by atomic mass is 35.5. The molecule has 0 aliphatic heterocycles. The topological polar surface area (TPSA) is 89.0 Å². The fourth-order valence-corrected chi connectivity index (χ4v) is 3.33. The van der Waals surface area contributed by atoms with Crippen LogP contribution in [0.4, 0.5) is 0 Å². The summed E-state index contributed by atoms with van der Waals surface area (Å²) in [5.74, 6) is 0.769. The van der Waals surface area contributed by atoms with Crippen molar-refractivity contribution in [3.05, 3.63) is 57.9 Å². The number of halogens is 1. The number of hydrogen-bond acceptors (Lipinski definition) is 4. The molecule has 1 saturated carbocycles. The first-order valence-corrected chi connectivity index (χ1v) is 11.3. The van der Waals surface area contributed by atoms with Crippen molar-refractivity contribution in [1.29, 1.82) is 5.26 Å². The molecular formula is C25H34ClN3O2. The molecule has 168 valence electrons. The number of hydrogen-bond donors (Lipinski definition) is 1. The van der Waals surface area contributed by atoms with Crippen LogP contribution < -0.4 is 10.5 Å². The lowest BCUT2D eigenvalue weighted by Gasteiger charge is -2.24. The normalized spacial score (nSPS) is 13.2. The van der Waals surface area contributed by atoms with Crippen LogP contribution in [0.5, 0.6) is 5.75 Å². The van der Waals surface area contributed by atoms with Crippen LogP contribution in [-0.4, -0.2) is 17.0 Å². The highest BCUT2D eigenvalue weighted by Gasteiger charge is 2.17. The Morgan fingerprint density at radius 3 is 2.32 bits per heavy atom. The van der Waals surface area contributed by atoms with E-state index in [1.807, 2.05) is 32.9 Å². The van der Waals surface area contributed by atoms with Crippen LogP contribution in [-0.2, 0) is 0 Å². The summed E-state index contributed by atoms with van der Waals surface area (Å²) < 4.78 is 5.97. The van der Waals surface area contributed by atoms with Gasteiger partial charge in [0.2, 0.25) is 0 Å². The maximum absolute atomic E-state index is 10.6. The van der Waals surface area contributed by atoms with E-state index in [2.05, 4.69) is 24.9 Å². The van der Waals surface area contributed by atoms with Crippen LogP contribution in [0.2, 0.25) is 5.02 Å². The minimum atomic E-state index is -0.481. The van der Waals surface area contributed by atoms with Crippen molar-refractivity contribution in [2.75, 3.05) is 0 Å². The standard InChI is InChI=1S/C14H16ClNO.C9H12N2O.C2H6/c1-10-13(8-7-11(9-16)14(10)15)17-12-5-3-2-4-6-12;1-6(2)7-3-4-8(9(10)12)11-5-7;1-2/h7-8,12H,2-6H2,1H3;3-6H,1-2H3,(H2,10,12);1-2H3. The van der Waals surface area contributed by atoms with Gasteiger partial charge in [0.1, 0.15) is 17.5 Å². The molecule has 2 N–H and O–H groups in total. The monoisotopic (exact) mass is 443 g/mol. The van der Waals surface area contributed by atoms with Gasteiger partial charge in [-0.05, 0) is 62.3 Å². The number of benzene rings is 1. The Morgan fingerprint density at radius 1 is 1.19 bits per heavy atom. The van der Waals surface area contributed by atoms with E-state index in [-0.39, 0.29) is 0 Å². The molecule has 0 unspecified atom stereocenters. The predicted molar refractivity (Wildman–Crippen MR) is 127 cm³/mol. The molecule has 1 heterocycles. The second kappa shape index (κ2) is 13.7. The van der Waals surface area contributed by atoms with Crippen LogP contribution in [0.1, 0.15) is 92.9 Å². The zero-order valence-electron chi connectivity index (χ0n) is 19.2. The molecule has 0 radical (unpaired) electrons. The lowest BCUT2D eigenvalue weighted by Crippen LogP contribution is -2.20. The van der Waals surface area contributed by atoms with Gasteiger partial charge in [-0.3, -0.25) is 9.78 Å². The van der Waals surface area contributed by atoms with Crippen LogP contribution in [0.15, 0.2) is 30.5 Å². The summed E-state index contributed by atoms with van der Waals surface area (Å²) in [5, 5.41) is 9.39. The van der Waals surface area contributed by atoms with Crippen LogP contribution in [0.25, 0.3) is 0 Å². The number of nitrogens with two attached hydrogens (primary N) is 1. The van der Waals surface area contributed by atoms with Crippen LogP contribution in [0.3, 0.4) is 0 Å². The summed E-state index contributed by atoms with van der Waals surface area (Å²) in [5.41, 5.74) is 7.85. The smallest absolute Gasteiger partial charge is 0.267 e. The molecule has 31 heavy (non-hydrogen) atoms. The van der Waals surface area contributed by atoms with Gasteiger partial charge in [-0.25, -0.2) is 0 Å². The average molecular weight is 444 g/mol. The van der Waals surface area contributed by atoms with Crippen molar-refractivity contribution >= 4 is 17.5 Å². The number of nitrogens with zero attached hydrogens (tertiary/aromatic N) is 2. The SMILES string of the molecule is CC.CC(C)c1ccc(C(N)=O)nc1.Cc1c(OC2CCCCC2)ccc(C#N)c1Cl. The van der Waals surface area contributed by atoms with E-state index in [0.717, 1.165) is 29.7 Å². The Bertz CT molecular complexity index is 868. The van der Waals surface area contributed by atoms with E-state index >= 15 is 0 Å². The number of pyridine rings is 1. The summed E-state index contributed by atoms with van der Waals surface area (Å²) in [6.45, 7) is 10.0. The first kappa shape index (κ1) is 26.5. The number of aromatic nitrogens is 1. The number of primary amides is 1. The molecule has 0 spiro atoms. The van der Waals surface area contributed by atoms with Crippen molar-refractivity contribution in [2.24, 2.45) is 5.73 Å². The zero-order chi connectivity index (χ0) is 23.4. The lowest BCUT2D eigenvalue weighted by atomic mass is 9.97. The lowest BCUT2D eigenvalue weighted by molar-refractivity contribution is 0.0995. The molecule has 0 bridgehead atoms. The molecule has 6 heteroatoms. The average Bonchev–Trinajstić information content (AvgIpc) is 2.79. The molecule has 2 aromatic rings. The maximum atomic E-state index is 10.6. The molecule has 1 amide bonds.